The first kappa shape index (κ1) is 22.7. The van der Waals surface area contributed by atoms with E-state index in [9.17, 15) is 18.8 Å². The largest absolute Gasteiger partial charge is 0.350 e. The molecular weight excluding hydrogens is 425 g/mol. The lowest BCUT2D eigenvalue weighted by Gasteiger charge is -2.32. The van der Waals surface area contributed by atoms with Crippen molar-refractivity contribution in [3.8, 4) is 0 Å². The molecule has 2 aromatic carbocycles. The molecule has 33 heavy (non-hydrogen) atoms. The van der Waals surface area contributed by atoms with Gasteiger partial charge in [-0.05, 0) is 56.0 Å². The Bertz CT molecular complexity index is 1010. The highest BCUT2D eigenvalue weighted by Gasteiger charge is 2.43. The number of hydrogen-bond acceptors (Lipinski definition) is 4. The number of nitrogens with two attached hydrogens (primary N) is 1. The van der Waals surface area contributed by atoms with Gasteiger partial charge in [0.25, 0.3) is 11.8 Å². The molecule has 1 saturated carbocycles. The highest BCUT2D eigenvalue weighted by Crippen LogP contribution is 2.22. The first-order valence-electron chi connectivity index (χ1n) is 11.2. The Morgan fingerprint density at radius 3 is 2.30 bits per heavy atom. The van der Waals surface area contributed by atoms with Crippen LogP contribution in [0.1, 0.15) is 36.0 Å². The predicted octanol–water partition coefficient (Wildman–Crippen LogP) is 2.53. The zero-order valence-corrected chi connectivity index (χ0v) is 18.2. The molecule has 1 aliphatic heterocycles. The van der Waals surface area contributed by atoms with Gasteiger partial charge in [0.15, 0.2) is 6.17 Å². The molecule has 174 valence electrons. The first-order chi connectivity index (χ1) is 15.9. The highest BCUT2D eigenvalue weighted by molar-refractivity contribution is 6.00. The Labute approximate surface area is 191 Å². The van der Waals surface area contributed by atoms with Crippen molar-refractivity contribution in [2.75, 3.05) is 18.4 Å². The SMILES string of the molecule is NC1CCC(NC(=O)C2N(C(=O)Nc3cccc(F)c3)CCN2C(=O)c2ccccc2)CC1. The van der Waals surface area contributed by atoms with Gasteiger partial charge in [-0.2, -0.15) is 0 Å². The second kappa shape index (κ2) is 9.99. The van der Waals surface area contributed by atoms with E-state index in [1.807, 2.05) is 0 Å². The number of anilines is 1. The van der Waals surface area contributed by atoms with Crippen LogP contribution in [0.2, 0.25) is 0 Å². The number of nitrogens with one attached hydrogen (secondary N) is 2. The lowest BCUT2D eigenvalue weighted by Crippen LogP contribution is -2.56. The number of urea groups is 1. The number of nitrogens with zero attached hydrogens (tertiary/aromatic N) is 2. The number of rotatable bonds is 4. The molecule has 1 aliphatic carbocycles. The third kappa shape index (κ3) is 5.31. The molecule has 2 fully saturated rings. The Balaban J connectivity index is 1.54. The minimum atomic E-state index is -1.11. The maximum Gasteiger partial charge on any atom is 0.323 e. The number of carbonyl (C=O) groups is 3. The molecule has 4 N–H and O–H groups in total. The Morgan fingerprint density at radius 1 is 0.909 bits per heavy atom. The standard InChI is InChI=1S/C24H28FN5O3/c25-17-7-4-8-20(15-17)28-24(33)30-14-13-29(23(32)16-5-2-1-3-6-16)22(30)21(31)27-19-11-9-18(26)10-12-19/h1-8,15,18-19,22H,9-14,26H2,(H,27,31)(H,28,33). The van der Waals surface area contributed by atoms with Gasteiger partial charge in [0, 0.05) is 36.4 Å². The fourth-order valence-corrected chi connectivity index (χ4v) is 4.38. The Morgan fingerprint density at radius 2 is 1.61 bits per heavy atom. The van der Waals surface area contributed by atoms with Gasteiger partial charge >= 0.3 is 6.03 Å². The summed E-state index contributed by atoms with van der Waals surface area (Å²) in [5, 5.41) is 5.64. The summed E-state index contributed by atoms with van der Waals surface area (Å²) in [6, 6.07) is 13.7. The van der Waals surface area contributed by atoms with Gasteiger partial charge in [0.2, 0.25) is 0 Å². The molecule has 0 spiro atoms. The maximum atomic E-state index is 13.6. The third-order valence-electron chi connectivity index (χ3n) is 6.14. The molecule has 0 bridgehead atoms. The summed E-state index contributed by atoms with van der Waals surface area (Å²) >= 11 is 0. The van der Waals surface area contributed by atoms with E-state index in [1.54, 1.807) is 36.4 Å². The minimum Gasteiger partial charge on any atom is -0.350 e. The normalized spacial score (nSPS) is 22.7. The van der Waals surface area contributed by atoms with Crippen LogP contribution in [-0.4, -0.2) is 59.0 Å². The topological polar surface area (TPSA) is 108 Å². The average molecular weight is 454 g/mol. The summed E-state index contributed by atoms with van der Waals surface area (Å²) in [6.07, 6.45) is 2.02. The van der Waals surface area contributed by atoms with Crippen LogP contribution < -0.4 is 16.4 Å². The van der Waals surface area contributed by atoms with E-state index in [2.05, 4.69) is 10.6 Å². The number of hydrogen-bond donors (Lipinski definition) is 3. The summed E-state index contributed by atoms with van der Waals surface area (Å²) in [6.45, 7) is 0.380. The lowest BCUT2D eigenvalue weighted by molar-refractivity contribution is -0.128. The summed E-state index contributed by atoms with van der Waals surface area (Å²) in [5.41, 5.74) is 6.68. The van der Waals surface area contributed by atoms with E-state index in [-0.39, 0.29) is 36.8 Å². The number of amides is 4. The smallest absolute Gasteiger partial charge is 0.323 e. The van der Waals surface area contributed by atoms with Crippen LogP contribution >= 0.6 is 0 Å². The molecule has 2 aliphatic rings. The lowest BCUT2D eigenvalue weighted by atomic mass is 9.92. The van der Waals surface area contributed by atoms with Crippen molar-refractivity contribution in [3.05, 3.63) is 66.0 Å². The molecule has 2 aromatic rings. The fraction of sp³-hybridized carbons (Fsp3) is 0.375. The van der Waals surface area contributed by atoms with Gasteiger partial charge in [-0.3, -0.25) is 14.5 Å². The molecule has 0 radical (unpaired) electrons. The van der Waals surface area contributed by atoms with Gasteiger partial charge in [0.1, 0.15) is 5.82 Å². The minimum absolute atomic E-state index is 0.0558. The molecule has 1 unspecified atom stereocenters. The monoisotopic (exact) mass is 453 g/mol. The third-order valence-corrected chi connectivity index (χ3v) is 6.14. The zero-order valence-electron chi connectivity index (χ0n) is 18.2. The van der Waals surface area contributed by atoms with Gasteiger partial charge in [-0.1, -0.05) is 24.3 Å². The van der Waals surface area contributed by atoms with E-state index in [1.165, 1.54) is 28.0 Å². The van der Waals surface area contributed by atoms with Crippen LogP contribution in [-0.2, 0) is 4.79 Å². The molecule has 8 nitrogen and oxygen atoms in total. The van der Waals surface area contributed by atoms with Crippen molar-refractivity contribution in [3.63, 3.8) is 0 Å². The summed E-state index contributed by atoms with van der Waals surface area (Å²) in [4.78, 5) is 42.3. The fourth-order valence-electron chi connectivity index (χ4n) is 4.38. The van der Waals surface area contributed by atoms with Crippen molar-refractivity contribution in [2.45, 2.75) is 43.9 Å². The number of halogens is 1. The molecule has 0 aromatic heterocycles. The van der Waals surface area contributed by atoms with Crippen molar-refractivity contribution in [2.24, 2.45) is 5.73 Å². The molecule has 1 saturated heterocycles. The molecule has 1 heterocycles. The summed E-state index contributed by atoms with van der Waals surface area (Å²) < 4.78 is 13.6. The van der Waals surface area contributed by atoms with Crippen molar-refractivity contribution >= 4 is 23.5 Å². The van der Waals surface area contributed by atoms with Crippen molar-refractivity contribution < 1.29 is 18.8 Å². The zero-order chi connectivity index (χ0) is 23.4. The molecule has 4 amide bonds. The van der Waals surface area contributed by atoms with Gasteiger partial charge < -0.3 is 21.3 Å². The summed E-state index contributed by atoms with van der Waals surface area (Å²) in [7, 11) is 0. The van der Waals surface area contributed by atoms with Gasteiger partial charge in [-0.25, -0.2) is 9.18 Å². The number of carbonyl (C=O) groups excluding carboxylic acids is 3. The van der Waals surface area contributed by atoms with Gasteiger partial charge in [-0.15, -0.1) is 0 Å². The second-order valence-electron chi connectivity index (χ2n) is 8.49. The van der Waals surface area contributed by atoms with Crippen molar-refractivity contribution in [1.82, 2.24) is 15.1 Å². The van der Waals surface area contributed by atoms with Crippen LogP contribution in [0.15, 0.2) is 54.6 Å². The van der Waals surface area contributed by atoms with Crippen molar-refractivity contribution in [1.29, 1.82) is 0 Å². The van der Waals surface area contributed by atoms with Crippen LogP contribution in [0.3, 0.4) is 0 Å². The average Bonchev–Trinajstić information content (AvgIpc) is 3.26. The van der Waals surface area contributed by atoms with E-state index < -0.39 is 23.9 Å². The predicted molar refractivity (Wildman–Crippen MR) is 122 cm³/mol. The molecule has 9 heteroatoms. The molecular formula is C24H28FN5O3. The first-order valence-corrected chi connectivity index (χ1v) is 11.2. The number of benzene rings is 2. The van der Waals surface area contributed by atoms with E-state index in [4.69, 9.17) is 5.73 Å². The molecule has 4 rings (SSSR count). The van der Waals surface area contributed by atoms with Crippen LogP contribution in [0.4, 0.5) is 14.9 Å². The van der Waals surface area contributed by atoms with E-state index in [0.29, 0.717) is 5.56 Å². The van der Waals surface area contributed by atoms with Crippen LogP contribution in [0, 0.1) is 5.82 Å². The molecule has 1 atom stereocenters. The second-order valence-corrected chi connectivity index (χ2v) is 8.49. The van der Waals surface area contributed by atoms with E-state index in [0.717, 1.165) is 25.7 Å². The Kier molecular flexibility index (Phi) is 6.88. The van der Waals surface area contributed by atoms with Gasteiger partial charge in [0.05, 0.1) is 0 Å². The quantitative estimate of drug-likeness (QED) is 0.661. The van der Waals surface area contributed by atoms with E-state index >= 15 is 0 Å². The Hall–Kier alpha value is -3.46. The maximum absolute atomic E-state index is 13.6. The highest BCUT2D eigenvalue weighted by atomic mass is 19.1. The van der Waals surface area contributed by atoms with Crippen LogP contribution in [0.5, 0.6) is 0 Å². The van der Waals surface area contributed by atoms with Crippen LogP contribution in [0.25, 0.3) is 0 Å². The summed E-state index contributed by atoms with van der Waals surface area (Å²) in [5.74, 6) is -1.23.